The summed E-state index contributed by atoms with van der Waals surface area (Å²) in [7, 11) is 0. The molecule has 154 valence electrons. The van der Waals surface area contributed by atoms with Gasteiger partial charge in [0.2, 0.25) is 17.8 Å². The van der Waals surface area contributed by atoms with Crippen molar-refractivity contribution in [1.29, 1.82) is 5.26 Å². The maximum atomic E-state index is 13.0. The molecule has 2 atom stereocenters. The third-order valence-corrected chi connectivity index (χ3v) is 5.70. The summed E-state index contributed by atoms with van der Waals surface area (Å²) in [5.74, 6) is -2.57. The number of anilines is 2. The lowest BCUT2D eigenvalue weighted by molar-refractivity contribution is -0.122. The lowest BCUT2D eigenvalue weighted by Gasteiger charge is -2.33. The maximum absolute atomic E-state index is 13.0. The molecule has 0 saturated carbocycles. The SMILES string of the molecule is N#CC1C(=O)Nc2nc(N3CCC(C(N)=O)CC3)[nH]c(=O)c2C1c1ccc(O)cc1. The average Bonchev–Trinajstić information content (AvgIpc) is 2.73. The molecule has 2 amide bonds. The van der Waals surface area contributed by atoms with Gasteiger partial charge in [-0.2, -0.15) is 10.2 Å². The van der Waals surface area contributed by atoms with E-state index in [9.17, 15) is 24.8 Å². The van der Waals surface area contributed by atoms with Gasteiger partial charge in [-0.3, -0.25) is 19.4 Å². The zero-order chi connectivity index (χ0) is 21.4. The maximum Gasteiger partial charge on any atom is 0.258 e. The van der Waals surface area contributed by atoms with Gasteiger partial charge in [0, 0.05) is 24.9 Å². The number of phenols is 1. The predicted molar refractivity (Wildman–Crippen MR) is 107 cm³/mol. The van der Waals surface area contributed by atoms with E-state index >= 15 is 0 Å². The topological polar surface area (TPSA) is 165 Å². The van der Waals surface area contributed by atoms with Crippen LogP contribution in [0.5, 0.6) is 5.75 Å². The first kappa shape index (κ1) is 19.4. The largest absolute Gasteiger partial charge is 0.508 e. The van der Waals surface area contributed by atoms with Crippen LogP contribution in [-0.2, 0) is 9.59 Å². The Morgan fingerprint density at radius 3 is 2.50 bits per heavy atom. The first-order valence-electron chi connectivity index (χ1n) is 9.57. The second kappa shape index (κ2) is 7.51. The number of amides is 2. The lowest BCUT2D eigenvalue weighted by atomic mass is 9.79. The Morgan fingerprint density at radius 1 is 1.23 bits per heavy atom. The van der Waals surface area contributed by atoms with E-state index in [0.29, 0.717) is 37.4 Å². The van der Waals surface area contributed by atoms with Crippen molar-refractivity contribution in [2.75, 3.05) is 23.3 Å². The summed E-state index contributed by atoms with van der Waals surface area (Å²) in [6.45, 7) is 0.983. The number of aromatic amines is 1. The molecule has 30 heavy (non-hydrogen) atoms. The average molecular weight is 408 g/mol. The second-order valence-electron chi connectivity index (χ2n) is 7.48. The molecule has 0 radical (unpaired) electrons. The first-order valence-corrected chi connectivity index (χ1v) is 9.57. The molecular formula is C20H20N6O4. The zero-order valence-electron chi connectivity index (χ0n) is 16.0. The molecule has 10 heteroatoms. The predicted octanol–water partition coefficient (Wildman–Crippen LogP) is 0.401. The number of aromatic hydroxyl groups is 1. The molecule has 0 aliphatic carbocycles. The minimum absolute atomic E-state index is 0.0366. The molecule has 2 aromatic rings. The van der Waals surface area contributed by atoms with Crippen molar-refractivity contribution in [2.24, 2.45) is 17.6 Å². The van der Waals surface area contributed by atoms with Crippen LogP contribution in [-0.4, -0.2) is 40.0 Å². The molecule has 3 heterocycles. The fourth-order valence-electron chi connectivity index (χ4n) is 4.07. The summed E-state index contributed by atoms with van der Waals surface area (Å²) in [5, 5.41) is 21.7. The molecule has 1 saturated heterocycles. The lowest BCUT2D eigenvalue weighted by Crippen LogP contribution is -2.42. The van der Waals surface area contributed by atoms with E-state index in [-0.39, 0.29) is 29.0 Å². The number of nitrogens with one attached hydrogen (secondary N) is 2. The van der Waals surface area contributed by atoms with E-state index in [1.165, 1.54) is 12.1 Å². The Bertz CT molecular complexity index is 1100. The van der Waals surface area contributed by atoms with Gasteiger partial charge in [-0.1, -0.05) is 12.1 Å². The molecule has 1 aromatic heterocycles. The summed E-state index contributed by atoms with van der Waals surface area (Å²) in [6, 6.07) is 8.00. The number of hydrogen-bond donors (Lipinski definition) is 4. The third kappa shape index (κ3) is 3.34. The van der Waals surface area contributed by atoms with Crippen LogP contribution in [0.25, 0.3) is 0 Å². The van der Waals surface area contributed by atoms with Crippen molar-refractivity contribution in [3.05, 3.63) is 45.7 Å². The molecule has 2 aliphatic heterocycles. The molecule has 1 fully saturated rings. The molecular weight excluding hydrogens is 388 g/mol. The number of nitrogens with zero attached hydrogens (tertiary/aromatic N) is 3. The van der Waals surface area contributed by atoms with E-state index in [1.54, 1.807) is 12.1 Å². The summed E-state index contributed by atoms with van der Waals surface area (Å²) < 4.78 is 0. The highest BCUT2D eigenvalue weighted by molar-refractivity contribution is 5.98. The molecule has 0 spiro atoms. The van der Waals surface area contributed by atoms with Crippen LogP contribution in [0.4, 0.5) is 11.8 Å². The number of benzene rings is 1. The third-order valence-electron chi connectivity index (χ3n) is 5.70. The number of nitrogens with two attached hydrogens (primary N) is 1. The van der Waals surface area contributed by atoms with Crippen molar-refractivity contribution in [3.8, 4) is 11.8 Å². The molecule has 0 bridgehead atoms. The normalized spacial score (nSPS) is 21.4. The zero-order valence-corrected chi connectivity index (χ0v) is 16.0. The monoisotopic (exact) mass is 408 g/mol. The standard InChI is InChI=1S/C20H20N6O4/c21-9-13-14(10-1-3-12(27)4-2-10)15-17(23-18(13)29)24-20(25-19(15)30)26-7-5-11(6-8-26)16(22)28/h1-4,11,13-14,27H,5-8H2,(H2,22,28)(H2,23,24,25,29,30). The summed E-state index contributed by atoms with van der Waals surface area (Å²) in [5.41, 5.74) is 5.66. The van der Waals surface area contributed by atoms with Crippen LogP contribution in [0.15, 0.2) is 29.1 Å². The van der Waals surface area contributed by atoms with Crippen LogP contribution >= 0.6 is 0 Å². The number of nitriles is 1. The first-order chi connectivity index (χ1) is 14.4. The smallest absolute Gasteiger partial charge is 0.258 e. The van der Waals surface area contributed by atoms with Crippen molar-refractivity contribution >= 4 is 23.6 Å². The minimum atomic E-state index is -1.11. The van der Waals surface area contributed by atoms with Crippen molar-refractivity contribution in [2.45, 2.75) is 18.8 Å². The van der Waals surface area contributed by atoms with E-state index in [2.05, 4.69) is 15.3 Å². The number of hydrogen-bond acceptors (Lipinski definition) is 7. The number of carbonyl (C=O) groups excluding carboxylic acids is 2. The molecule has 2 unspecified atom stereocenters. The van der Waals surface area contributed by atoms with Gasteiger partial charge in [0.15, 0.2) is 0 Å². The highest BCUT2D eigenvalue weighted by Crippen LogP contribution is 2.38. The number of carbonyl (C=O) groups is 2. The molecule has 4 rings (SSSR count). The quantitative estimate of drug-likeness (QED) is 0.570. The van der Waals surface area contributed by atoms with Crippen LogP contribution in [0, 0.1) is 23.2 Å². The molecule has 2 aliphatic rings. The van der Waals surface area contributed by atoms with E-state index in [0.717, 1.165) is 0 Å². The molecule has 10 nitrogen and oxygen atoms in total. The van der Waals surface area contributed by atoms with Gasteiger partial charge in [0.05, 0.1) is 11.6 Å². The molecule has 5 N–H and O–H groups in total. The van der Waals surface area contributed by atoms with Gasteiger partial charge in [0.1, 0.15) is 17.5 Å². The highest BCUT2D eigenvalue weighted by Gasteiger charge is 2.40. The highest BCUT2D eigenvalue weighted by atomic mass is 16.3. The number of rotatable bonds is 3. The van der Waals surface area contributed by atoms with Crippen molar-refractivity contribution in [3.63, 3.8) is 0 Å². The summed E-state index contributed by atoms with van der Waals surface area (Å²) in [6.07, 6.45) is 1.10. The summed E-state index contributed by atoms with van der Waals surface area (Å²) >= 11 is 0. The van der Waals surface area contributed by atoms with Crippen LogP contribution in [0.1, 0.15) is 29.9 Å². The van der Waals surface area contributed by atoms with Crippen LogP contribution in [0.3, 0.4) is 0 Å². The van der Waals surface area contributed by atoms with Gasteiger partial charge in [0.25, 0.3) is 5.56 Å². The number of H-pyrrole nitrogens is 1. The second-order valence-corrected chi connectivity index (χ2v) is 7.48. The Labute approximate surface area is 171 Å². The van der Waals surface area contributed by atoms with Gasteiger partial charge in [-0.25, -0.2) is 0 Å². The van der Waals surface area contributed by atoms with E-state index in [4.69, 9.17) is 5.73 Å². The van der Waals surface area contributed by atoms with Gasteiger partial charge in [-0.15, -0.1) is 0 Å². The Balaban J connectivity index is 1.73. The minimum Gasteiger partial charge on any atom is -0.508 e. The number of phenolic OH excluding ortho intramolecular Hbond substituents is 1. The fourth-order valence-corrected chi connectivity index (χ4v) is 4.07. The summed E-state index contributed by atoms with van der Waals surface area (Å²) in [4.78, 5) is 46.0. The Hall–Kier alpha value is -3.87. The number of piperidine rings is 1. The van der Waals surface area contributed by atoms with Gasteiger partial charge < -0.3 is 21.1 Å². The Kier molecular flexibility index (Phi) is 4.87. The van der Waals surface area contributed by atoms with Crippen molar-refractivity contribution in [1.82, 2.24) is 9.97 Å². The number of fused-ring (bicyclic) bond motifs is 1. The fraction of sp³-hybridized carbons (Fsp3) is 0.350. The van der Waals surface area contributed by atoms with E-state index in [1.807, 2.05) is 11.0 Å². The number of aromatic nitrogens is 2. The van der Waals surface area contributed by atoms with Gasteiger partial charge in [-0.05, 0) is 30.5 Å². The van der Waals surface area contributed by atoms with E-state index < -0.39 is 23.3 Å². The van der Waals surface area contributed by atoms with Crippen LogP contribution < -0.4 is 21.5 Å². The molecule has 1 aromatic carbocycles. The van der Waals surface area contributed by atoms with Crippen molar-refractivity contribution < 1.29 is 14.7 Å². The Morgan fingerprint density at radius 2 is 1.90 bits per heavy atom. The number of primary amides is 1. The van der Waals surface area contributed by atoms with Crippen LogP contribution in [0.2, 0.25) is 0 Å². The van der Waals surface area contributed by atoms with Gasteiger partial charge >= 0.3 is 0 Å².